The third-order valence-electron chi connectivity index (χ3n) is 3.66. The number of carbonyl (C=O) groups is 2. The molecule has 0 saturated carbocycles. The lowest BCUT2D eigenvalue weighted by molar-refractivity contribution is 0.101. The Morgan fingerprint density at radius 1 is 1.08 bits per heavy atom. The smallest absolute Gasteiger partial charge is 0.261 e. The van der Waals surface area contributed by atoms with E-state index in [1.165, 1.54) is 13.1 Å². The van der Waals surface area contributed by atoms with Crippen LogP contribution >= 0.6 is 0 Å². The van der Waals surface area contributed by atoms with Crippen molar-refractivity contribution in [2.75, 3.05) is 5.32 Å². The molecule has 0 atom stereocenters. The highest BCUT2D eigenvalue weighted by Gasteiger charge is 2.18. The van der Waals surface area contributed by atoms with E-state index in [1.54, 1.807) is 24.3 Å². The third kappa shape index (κ3) is 3.25. The maximum atomic E-state index is 12.5. The summed E-state index contributed by atoms with van der Waals surface area (Å²) in [6.07, 6.45) is 1.39. The largest absolute Gasteiger partial charge is 0.355 e. The van der Waals surface area contributed by atoms with Crippen LogP contribution < -0.4 is 5.32 Å². The number of amides is 1. The number of hydrogen-bond donors (Lipinski definition) is 1. The number of ketones is 1. The van der Waals surface area contributed by atoms with Crippen LogP contribution in [0.25, 0.3) is 11.3 Å². The molecule has 0 bridgehead atoms. The van der Waals surface area contributed by atoms with Crippen LogP contribution in [0.15, 0.2) is 59.3 Å². The number of aryl methyl sites for hydroxylation is 1. The maximum absolute atomic E-state index is 12.5. The van der Waals surface area contributed by atoms with Gasteiger partial charge in [0.1, 0.15) is 5.56 Å². The second-order valence-corrected chi connectivity index (χ2v) is 5.53. The average molecular weight is 320 g/mol. The molecule has 120 valence electrons. The Morgan fingerprint density at radius 2 is 1.83 bits per heavy atom. The van der Waals surface area contributed by atoms with E-state index >= 15 is 0 Å². The highest BCUT2D eigenvalue weighted by molar-refractivity contribution is 6.08. The summed E-state index contributed by atoms with van der Waals surface area (Å²) in [7, 11) is 0. The molecule has 0 spiro atoms. The van der Waals surface area contributed by atoms with Crippen LogP contribution in [-0.2, 0) is 0 Å². The SMILES string of the molecule is CC(=O)c1cccc(NC(=O)c2cnoc2-c2ccc(C)cc2)c1. The molecule has 0 unspecified atom stereocenters. The quantitative estimate of drug-likeness (QED) is 0.734. The molecule has 1 amide bonds. The molecule has 5 heteroatoms. The monoisotopic (exact) mass is 320 g/mol. The van der Waals surface area contributed by atoms with E-state index in [2.05, 4.69) is 10.5 Å². The summed E-state index contributed by atoms with van der Waals surface area (Å²) in [6.45, 7) is 3.47. The first kappa shape index (κ1) is 15.7. The Hall–Kier alpha value is -3.21. The lowest BCUT2D eigenvalue weighted by atomic mass is 10.1. The fourth-order valence-corrected chi connectivity index (χ4v) is 2.33. The van der Waals surface area contributed by atoms with E-state index < -0.39 is 0 Å². The minimum Gasteiger partial charge on any atom is -0.355 e. The number of anilines is 1. The van der Waals surface area contributed by atoms with Crippen molar-refractivity contribution in [3.05, 3.63) is 71.4 Å². The first-order valence-electron chi connectivity index (χ1n) is 7.48. The molecule has 1 N–H and O–H groups in total. The van der Waals surface area contributed by atoms with Crippen LogP contribution in [-0.4, -0.2) is 16.8 Å². The number of Topliss-reactive ketones (excluding diaryl/α,β-unsaturated/α-hetero) is 1. The molecule has 0 aliphatic rings. The van der Waals surface area contributed by atoms with E-state index in [1.807, 2.05) is 31.2 Å². The van der Waals surface area contributed by atoms with Crippen LogP contribution in [0, 0.1) is 6.92 Å². The average Bonchev–Trinajstić information content (AvgIpc) is 3.05. The van der Waals surface area contributed by atoms with Gasteiger partial charge in [0.25, 0.3) is 5.91 Å². The number of nitrogens with zero attached hydrogens (tertiary/aromatic N) is 1. The predicted octanol–water partition coefficient (Wildman–Crippen LogP) is 4.10. The lowest BCUT2D eigenvalue weighted by Crippen LogP contribution is -2.12. The van der Waals surface area contributed by atoms with Gasteiger partial charge in [0, 0.05) is 16.8 Å². The third-order valence-corrected chi connectivity index (χ3v) is 3.66. The molecule has 1 aromatic heterocycles. The van der Waals surface area contributed by atoms with Gasteiger partial charge in [0.05, 0.1) is 6.20 Å². The Morgan fingerprint density at radius 3 is 2.54 bits per heavy atom. The standard InChI is InChI=1S/C19H16N2O3/c1-12-6-8-14(9-7-12)18-17(11-20-24-18)19(23)21-16-5-3-4-15(10-16)13(2)22/h3-11H,1-2H3,(H,21,23). The van der Waals surface area contributed by atoms with Crippen molar-refractivity contribution in [1.82, 2.24) is 5.16 Å². The van der Waals surface area contributed by atoms with Crippen LogP contribution in [0.1, 0.15) is 33.2 Å². The number of aromatic nitrogens is 1. The molecule has 3 aromatic rings. The summed E-state index contributed by atoms with van der Waals surface area (Å²) in [4.78, 5) is 24.0. The molecule has 3 rings (SSSR count). The lowest BCUT2D eigenvalue weighted by Gasteiger charge is -2.06. The molecule has 0 aliphatic carbocycles. The van der Waals surface area contributed by atoms with Gasteiger partial charge in [-0.05, 0) is 26.0 Å². The minimum atomic E-state index is -0.340. The zero-order valence-corrected chi connectivity index (χ0v) is 13.4. The van der Waals surface area contributed by atoms with Gasteiger partial charge in [-0.2, -0.15) is 0 Å². The summed E-state index contributed by atoms with van der Waals surface area (Å²) in [6, 6.07) is 14.4. The number of nitrogens with one attached hydrogen (secondary N) is 1. The molecule has 0 aliphatic heterocycles. The Kier molecular flexibility index (Phi) is 4.24. The molecule has 5 nitrogen and oxygen atoms in total. The van der Waals surface area contributed by atoms with Crippen LogP contribution in [0.3, 0.4) is 0 Å². The van der Waals surface area contributed by atoms with Crippen molar-refractivity contribution in [2.45, 2.75) is 13.8 Å². The van der Waals surface area contributed by atoms with E-state index in [0.29, 0.717) is 22.6 Å². The zero-order chi connectivity index (χ0) is 17.1. The predicted molar refractivity (Wildman–Crippen MR) is 91.1 cm³/mol. The highest BCUT2D eigenvalue weighted by atomic mass is 16.5. The first-order valence-corrected chi connectivity index (χ1v) is 7.48. The van der Waals surface area contributed by atoms with Gasteiger partial charge in [-0.1, -0.05) is 47.1 Å². The van der Waals surface area contributed by atoms with Gasteiger partial charge >= 0.3 is 0 Å². The molecular formula is C19H16N2O3. The fourth-order valence-electron chi connectivity index (χ4n) is 2.33. The normalized spacial score (nSPS) is 10.4. The second-order valence-electron chi connectivity index (χ2n) is 5.53. The minimum absolute atomic E-state index is 0.0589. The van der Waals surface area contributed by atoms with Crippen LogP contribution in [0.2, 0.25) is 0 Å². The van der Waals surface area contributed by atoms with Crippen molar-refractivity contribution in [3.63, 3.8) is 0 Å². The van der Waals surface area contributed by atoms with Crippen molar-refractivity contribution in [1.29, 1.82) is 0 Å². The molecule has 24 heavy (non-hydrogen) atoms. The summed E-state index contributed by atoms with van der Waals surface area (Å²) >= 11 is 0. The number of hydrogen-bond acceptors (Lipinski definition) is 4. The molecule has 0 saturated heterocycles. The van der Waals surface area contributed by atoms with Crippen LogP contribution in [0.5, 0.6) is 0 Å². The first-order chi connectivity index (χ1) is 11.5. The Bertz CT molecular complexity index is 895. The van der Waals surface area contributed by atoms with Gasteiger partial charge in [-0.3, -0.25) is 9.59 Å². The summed E-state index contributed by atoms with van der Waals surface area (Å²) < 4.78 is 5.25. The summed E-state index contributed by atoms with van der Waals surface area (Å²) in [5.74, 6) is 0.0131. The van der Waals surface area contributed by atoms with E-state index in [-0.39, 0.29) is 11.7 Å². The van der Waals surface area contributed by atoms with Gasteiger partial charge in [0.2, 0.25) is 0 Å². The van der Waals surface area contributed by atoms with Crippen molar-refractivity contribution in [2.24, 2.45) is 0 Å². The van der Waals surface area contributed by atoms with Crippen molar-refractivity contribution >= 4 is 17.4 Å². The highest BCUT2D eigenvalue weighted by Crippen LogP contribution is 2.25. The molecule has 0 fully saturated rings. The van der Waals surface area contributed by atoms with Gasteiger partial charge < -0.3 is 9.84 Å². The maximum Gasteiger partial charge on any atom is 0.261 e. The summed E-state index contributed by atoms with van der Waals surface area (Å²) in [5.41, 5.74) is 3.32. The molecule has 0 radical (unpaired) electrons. The Balaban J connectivity index is 1.86. The number of benzene rings is 2. The molecule has 2 aromatic carbocycles. The topological polar surface area (TPSA) is 72.2 Å². The van der Waals surface area contributed by atoms with Crippen LogP contribution in [0.4, 0.5) is 5.69 Å². The van der Waals surface area contributed by atoms with E-state index in [4.69, 9.17) is 4.52 Å². The fraction of sp³-hybridized carbons (Fsp3) is 0.105. The molecule has 1 heterocycles. The van der Waals surface area contributed by atoms with E-state index in [0.717, 1.165) is 11.1 Å². The zero-order valence-electron chi connectivity index (χ0n) is 13.4. The van der Waals surface area contributed by atoms with Crippen molar-refractivity contribution < 1.29 is 14.1 Å². The van der Waals surface area contributed by atoms with Crippen molar-refractivity contribution in [3.8, 4) is 11.3 Å². The molecular weight excluding hydrogens is 304 g/mol. The number of rotatable bonds is 4. The summed E-state index contributed by atoms with van der Waals surface area (Å²) in [5, 5.41) is 6.51. The van der Waals surface area contributed by atoms with E-state index in [9.17, 15) is 9.59 Å². The Labute approximate surface area is 139 Å². The van der Waals surface area contributed by atoms with Gasteiger partial charge in [-0.15, -0.1) is 0 Å². The van der Waals surface area contributed by atoms with Gasteiger partial charge in [0.15, 0.2) is 11.5 Å². The second kappa shape index (κ2) is 6.50. The number of carbonyl (C=O) groups excluding carboxylic acids is 2. The van der Waals surface area contributed by atoms with Gasteiger partial charge in [-0.25, -0.2) is 0 Å².